The summed E-state index contributed by atoms with van der Waals surface area (Å²) in [5, 5.41) is 12.4. The Balaban J connectivity index is 2.23. The molecule has 4 heteroatoms. The van der Waals surface area contributed by atoms with Gasteiger partial charge in [0.15, 0.2) is 0 Å². The maximum absolute atomic E-state index is 11.7. The van der Waals surface area contributed by atoms with Gasteiger partial charge in [-0.2, -0.15) is 0 Å². The second kappa shape index (κ2) is 6.86. The molecule has 94 valence electrons. The maximum atomic E-state index is 11.7. The second-order valence-electron chi connectivity index (χ2n) is 4.59. The van der Waals surface area contributed by atoms with E-state index in [1.807, 2.05) is 0 Å². The van der Waals surface area contributed by atoms with E-state index in [0.717, 1.165) is 38.8 Å². The summed E-state index contributed by atoms with van der Waals surface area (Å²) in [6.07, 6.45) is 3.39. The lowest BCUT2D eigenvalue weighted by Gasteiger charge is -2.29. The largest absolute Gasteiger partial charge is 0.393 e. The van der Waals surface area contributed by atoms with Crippen molar-refractivity contribution in [3.63, 3.8) is 0 Å². The minimum Gasteiger partial charge on any atom is -0.393 e. The van der Waals surface area contributed by atoms with E-state index in [1.165, 1.54) is 0 Å². The van der Waals surface area contributed by atoms with Gasteiger partial charge in [0.1, 0.15) is 0 Å². The van der Waals surface area contributed by atoms with E-state index in [-0.39, 0.29) is 12.0 Å². The average Bonchev–Trinajstić information content (AvgIpc) is 2.29. The smallest absolute Gasteiger partial charge is 0.234 e. The van der Waals surface area contributed by atoms with Crippen LogP contribution in [0, 0.1) is 0 Å². The minimum absolute atomic E-state index is 0.116. The van der Waals surface area contributed by atoms with Gasteiger partial charge in [-0.05, 0) is 25.7 Å². The fourth-order valence-corrected chi connectivity index (χ4v) is 2.05. The monoisotopic (exact) mass is 228 g/mol. The summed E-state index contributed by atoms with van der Waals surface area (Å²) in [4.78, 5) is 13.8. The Kier molecular flexibility index (Phi) is 5.77. The predicted octanol–water partition coefficient (Wildman–Crippen LogP) is 0.748. The SMILES string of the molecule is CCC(CC)NC(=O)CN1CCC(O)CC1. The van der Waals surface area contributed by atoms with E-state index in [0.29, 0.717) is 12.6 Å². The Morgan fingerprint density at radius 3 is 2.44 bits per heavy atom. The standard InChI is InChI=1S/C12H24N2O2/c1-3-10(4-2)13-12(16)9-14-7-5-11(15)6-8-14/h10-11,15H,3-9H2,1-2H3,(H,13,16). The number of nitrogens with one attached hydrogen (secondary N) is 1. The third-order valence-corrected chi connectivity index (χ3v) is 3.28. The first kappa shape index (κ1) is 13.5. The van der Waals surface area contributed by atoms with Gasteiger partial charge >= 0.3 is 0 Å². The highest BCUT2D eigenvalue weighted by Gasteiger charge is 2.19. The molecule has 1 fully saturated rings. The number of nitrogens with zero attached hydrogens (tertiary/aromatic N) is 1. The fourth-order valence-electron chi connectivity index (χ4n) is 2.05. The van der Waals surface area contributed by atoms with Crippen LogP contribution in [0.15, 0.2) is 0 Å². The zero-order valence-corrected chi connectivity index (χ0v) is 10.4. The molecule has 4 nitrogen and oxygen atoms in total. The highest BCUT2D eigenvalue weighted by molar-refractivity contribution is 5.78. The molecule has 1 aliphatic heterocycles. The zero-order chi connectivity index (χ0) is 12.0. The molecular weight excluding hydrogens is 204 g/mol. The number of amides is 1. The molecule has 0 atom stereocenters. The summed E-state index contributed by atoms with van der Waals surface area (Å²) >= 11 is 0. The number of carbonyl (C=O) groups is 1. The van der Waals surface area contributed by atoms with Gasteiger partial charge in [0.25, 0.3) is 0 Å². The van der Waals surface area contributed by atoms with Crippen molar-refractivity contribution in [1.29, 1.82) is 0 Å². The second-order valence-corrected chi connectivity index (χ2v) is 4.59. The highest BCUT2D eigenvalue weighted by atomic mass is 16.3. The van der Waals surface area contributed by atoms with E-state index in [9.17, 15) is 9.90 Å². The molecule has 0 aromatic heterocycles. The van der Waals surface area contributed by atoms with Gasteiger partial charge in [0.2, 0.25) is 5.91 Å². The number of likely N-dealkylation sites (tertiary alicyclic amines) is 1. The van der Waals surface area contributed by atoms with Crippen molar-refractivity contribution in [3.8, 4) is 0 Å². The van der Waals surface area contributed by atoms with Crippen molar-refractivity contribution in [3.05, 3.63) is 0 Å². The third-order valence-electron chi connectivity index (χ3n) is 3.28. The molecule has 2 N–H and O–H groups in total. The lowest BCUT2D eigenvalue weighted by atomic mass is 10.1. The van der Waals surface area contributed by atoms with Gasteiger partial charge in [-0.1, -0.05) is 13.8 Å². The van der Waals surface area contributed by atoms with Gasteiger partial charge in [-0.3, -0.25) is 9.69 Å². The molecule has 0 radical (unpaired) electrons. The quantitative estimate of drug-likeness (QED) is 0.730. The maximum Gasteiger partial charge on any atom is 0.234 e. The number of carbonyl (C=O) groups excluding carboxylic acids is 1. The molecule has 0 unspecified atom stereocenters. The summed E-state index contributed by atoms with van der Waals surface area (Å²) < 4.78 is 0. The van der Waals surface area contributed by atoms with Crippen molar-refractivity contribution < 1.29 is 9.90 Å². The molecule has 0 aromatic carbocycles. The topological polar surface area (TPSA) is 52.6 Å². The number of aliphatic hydroxyl groups is 1. The summed E-state index contributed by atoms with van der Waals surface area (Å²) in [7, 11) is 0. The van der Waals surface area contributed by atoms with Crippen molar-refractivity contribution in [1.82, 2.24) is 10.2 Å². The van der Waals surface area contributed by atoms with Crippen LogP contribution in [0.2, 0.25) is 0 Å². The fraction of sp³-hybridized carbons (Fsp3) is 0.917. The van der Waals surface area contributed by atoms with Crippen LogP contribution in [-0.2, 0) is 4.79 Å². The molecule has 1 heterocycles. The highest BCUT2D eigenvalue weighted by Crippen LogP contribution is 2.09. The van der Waals surface area contributed by atoms with Crippen LogP contribution >= 0.6 is 0 Å². The Bertz CT molecular complexity index is 209. The van der Waals surface area contributed by atoms with Gasteiger partial charge in [0.05, 0.1) is 12.6 Å². The number of piperidine rings is 1. The number of aliphatic hydroxyl groups excluding tert-OH is 1. The van der Waals surface area contributed by atoms with Crippen LogP contribution in [0.1, 0.15) is 39.5 Å². The van der Waals surface area contributed by atoms with Crippen LogP contribution in [0.3, 0.4) is 0 Å². The van der Waals surface area contributed by atoms with Crippen molar-refractivity contribution in [2.45, 2.75) is 51.7 Å². The third kappa shape index (κ3) is 4.49. The number of hydrogen-bond acceptors (Lipinski definition) is 3. The first-order chi connectivity index (χ1) is 7.65. The first-order valence-corrected chi connectivity index (χ1v) is 6.35. The van der Waals surface area contributed by atoms with Crippen LogP contribution < -0.4 is 5.32 Å². The molecule has 0 aromatic rings. The van der Waals surface area contributed by atoms with Gasteiger partial charge in [-0.25, -0.2) is 0 Å². The van der Waals surface area contributed by atoms with E-state index in [1.54, 1.807) is 0 Å². The Labute approximate surface area is 98.0 Å². The van der Waals surface area contributed by atoms with Crippen LogP contribution in [0.4, 0.5) is 0 Å². The normalized spacial score (nSPS) is 19.0. The van der Waals surface area contributed by atoms with Crippen molar-refractivity contribution in [2.75, 3.05) is 19.6 Å². The Morgan fingerprint density at radius 2 is 1.94 bits per heavy atom. The Morgan fingerprint density at radius 1 is 1.38 bits per heavy atom. The summed E-state index contributed by atoms with van der Waals surface area (Å²) in [5.74, 6) is 0.116. The summed E-state index contributed by atoms with van der Waals surface area (Å²) in [6, 6.07) is 0.308. The molecule has 1 rings (SSSR count). The molecule has 0 saturated carbocycles. The zero-order valence-electron chi connectivity index (χ0n) is 10.4. The molecule has 1 amide bonds. The molecule has 1 aliphatic rings. The lowest BCUT2D eigenvalue weighted by molar-refractivity contribution is -0.123. The molecule has 1 saturated heterocycles. The van der Waals surface area contributed by atoms with Crippen LogP contribution in [0.5, 0.6) is 0 Å². The summed E-state index contributed by atoms with van der Waals surface area (Å²) in [5.41, 5.74) is 0. The van der Waals surface area contributed by atoms with E-state index in [2.05, 4.69) is 24.1 Å². The molecular formula is C12H24N2O2. The average molecular weight is 228 g/mol. The molecule has 0 aliphatic carbocycles. The van der Waals surface area contributed by atoms with Crippen molar-refractivity contribution >= 4 is 5.91 Å². The Hall–Kier alpha value is -0.610. The van der Waals surface area contributed by atoms with Gasteiger partial charge in [-0.15, -0.1) is 0 Å². The molecule has 16 heavy (non-hydrogen) atoms. The number of hydrogen-bond donors (Lipinski definition) is 2. The first-order valence-electron chi connectivity index (χ1n) is 6.35. The minimum atomic E-state index is -0.168. The van der Waals surface area contributed by atoms with E-state index in [4.69, 9.17) is 0 Å². The lowest BCUT2D eigenvalue weighted by Crippen LogP contribution is -2.45. The van der Waals surface area contributed by atoms with Crippen LogP contribution in [0.25, 0.3) is 0 Å². The van der Waals surface area contributed by atoms with Crippen molar-refractivity contribution in [2.24, 2.45) is 0 Å². The molecule has 0 bridgehead atoms. The van der Waals surface area contributed by atoms with Gasteiger partial charge < -0.3 is 10.4 Å². The van der Waals surface area contributed by atoms with Crippen LogP contribution in [-0.4, -0.2) is 47.7 Å². The molecule has 0 spiro atoms. The van der Waals surface area contributed by atoms with E-state index < -0.39 is 0 Å². The van der Waals surface area contributed by atoms with Gasteiger partial charge in [0, 0.05) is 19.1 Å². The number of rotatable bonds is 5. The predicted molar refractivity (Wildman–Crippen MR) is 64.2 cm³/mol. The van der Waals surface area contributed by atoms with E-state index >= 15 is 0 Å². The summed E-state index contributed by atoms with van der Waals surface area (Å²) in [6.45, 7) is 6.32.